The normalized spacial score (nSPS) is 12.1. The third kappa shape index (κ3) is 7.94. The second-order valence-electron chi connectivity index (χ2n) is 4.41. The Bertz CT molecular complexity index is 449. The average Bonchev–Trinajstić information content (AvgIpc) is 2.49. The Kier molecular flexibility index (Phi) is 7.89. The van der Waals surface area contributed by atoms with Gasteiger partial charge in [0.25, 0.3) is 0 Å². The molecule has 0 fully saturated rings. The molecule has 0 aromatic heterocycles. The highest BCUT2D eigenvalue weighted by atomic mass is 19.1. The fraction of sp³-hybridized carbons (Fsp3) is 0.400. The van der Waals surface area contributed by atoms with Crippen LogP contribution in [0.1, 0.15) is 13.3 Å². The van der Waals surface area contributed by atoms with Gasteiger partial charge in [-0.2, -0.15) is 0 Å². The highest BCUT2D eigenvalue weighted by Crippen LogP contribution is 2.11. The largest absolute Gasteiger partial charge is 0.491 e. The minimum atomic E-state index is -0.837. The highest BCUT2D eigenvalue weighted by molar-refractivity contribution is 5.73. The lowest BCUT2D eigenvalue weighted by molar-refractivity contribution is 0.108. The molecule has 1 atom stereocenters. The summed E-state index contributed by atoms with van der Waals surface area (Å²) in [5.74, 6) is 0.116. The zero-order valence-corrected chi connectivity index (χ0v) is 12.0. The molecule has 3 N–H and O–H groups in total. The topological polar surface area (TPSA) is 70.6 Å². The van der Waals surface area contributed by atoms with Gasteiger partial charge in [-0.15, -0.1) is 0 Å². The van der Waals surface area contributed by atoms with Gasteiger partial charge in [-0.1, -0.05) is 12.2 Å². The van der Waals surface area contributed by atoms with Crippen LogP contribution in [0.3, 0.4) is 0 Å². The second kappa shape index (κ2) is 9.77. The Balaban J connectivity index is 2.14. The molecule has 0 heterocycles. The molecule has 21 heavy (non-hydrogen) atoms. The fourth-order valence-electron chi connectivity index (χ4n) is 1.49. The third-order valence-electron chi connectivity index (χ3n) is 2.59. The molecule has 1 aromatic rings. The van der Waals surface area contributed by atoms with Gasteiger partial charge in [-0.05, 0) is 37.6 Å². The number of hydrogen-bond donors (Lipinski definition) is 3. The first-order valence-corrected chi connectivity index (χ1v) is 6.81. The molecule has 0 radical (unpaired) electrons. The molecule has 2 amide bonds. The van der Waals surface area contributed by atoms with Crippen molar-refractivity contribution in [3.8, 4) is 5.75 Å². The molecule has 5 nitrogen and oxygen atoms in total. The van der Waals surface area contributed by atoms with Gasteiger partial charge in [0.1, 0.15) is 24.3 Å². The van der Waals surface area contributed by atoms with E-state index in [1.807, 2.05) is 19.1 Å². The lowest BCUT2D eigenvalue weighted by atomic mass is 10.3. The Labute approximate surface area is 123 Å². The quantitative estimate of drug-likeness (QED) is 0.506. The number of carbonyl (C=O) groups is 1. The van der Waals surface area contributed by atoms with Crippen molar-refractivity contribution in [1.82, 2.24) is 10.6 Å². The van der Waals surface area contributed by atoms with E-state index in [-0.39, 0.29) is 25.0 Å². The Morgan fingerprint density at radius 2 is 2.10 bits per heavy atom. The number of halogens is 1. The van der Waals surface area contributed by atoms with E-state index in [0.29, 0.717) is 12.3 Å². The summed E-state index contributed by atoms with van der Waals surface area (Å²) in [7, 11) is 0. The lowest BCUT2D eigenvalue weighted by Gasteiger charge is -2.13. The molecule has 116 valence electrons. The maximum Gasteiger partial charge on any atom is 0.314 e. The van der Waals surface area contributed by atoms with Crippen LogP contribution in [0.2, 0.25) is 0 Å². The van der Waals surface area contributed by atoms with Gasteiger partial charge < -0.3 is 20.5 Å². The van der Waals surface area contributed by atoms with Crippen molar-refractivity contribution in [1.29, 1.82) is 0 Å². The molecule has 6 heteroatoms. The molecule has 0 aliphatic rings. The predicted molar refractivity (Wildman–Crippen MR) is 78.7 cm³/mol. The zero-order valence-electron chi connectivity index (χ0n) is 12.0. The summed E-state index contributed by atoms with van der Waals surface area (Å²) in [6.45, 7) is 2.55. The first-order valence-electron chi connectivity index (χ1n) is 6.81. The summed E-state index contributed by atoms with van der Waals surface area (Å²) < 4.78 is 18.0. The summed E-state index contributed by atoms with van der Waals surface area (Å²) in [5, 5.41) is 14.9. The molecule has 1 aromatic carbocycles. The molecular weight excluding hydrogens is 275 g/mol. The van der Waals surface area contributed by atoms with Gasteiger partial charge >= 0.3 is 6.03 Å². The molecule has 1 unspecified atom stereocenters. The summed E-state index contributed by atoms with van der Waals surface area (Å²) in [6, 6.07) is 5.17. The minimum absolute atomic E-state index is 0.0183. The van der Waals surface area contributed by atoms with Crippen molar-refractivity contribution in [3.05, 3.63) is 42.2 Å². The maximum absolute atomic E-state index is 12.7. The molecule has 1 rings (SSSR count). The lowest BCUT2D eigenvalue weighted by Crippen LogP contribution is -2.41. The second-order valence-corrected chi connectivity index (χ2v) is 4.41. The number of aliphatic hydroxyl groups is 1. The molecule has 0 spiro atoms. The maximum atomic E-state index is 12.7. The average molecular weight is 296 g/mol. The number of urea groups is 1. The van der Waals surface area contributed by atoms with Crippen molar-refractivity contribution in [2.75, 3.05) is 19.7 Å². The number of benzene rings is 1. The van der Waals surface area contributed by atoms with E-state index in [4.69, 9.17) is 4.74 Å². The Hall–Kier alpha value is -2.08. The van der Waals surface area contributed by atoms with Crippen molar-refractivity contribution in [2.24, 2.45) is 0 Å². The molecule has 0 bridgehead atoms. The van der Waals surface area contributed by atoms with Crippen LogP contribution in [0.5, 0.6) is 5.75 Å². The van der Waals surface area contributed by atoms with Crippen molar-refractivity contribution in [2.45, 2.75) is 19.4 Å². The Morgan fingerprint density at radius 1 is 1.38 bits per heavy atom. The van der Waals surface area contributed by atoms with Crippen LogP contribution < -0.4 is 15.4 Å². The van der Waals surface area contributed by atoms with Crippen molar-refractivity contribution >= 4 is 6.03 Å². The number of nitrogens with one attached hydrogen (secondary N) is 2. The van der Waals surface area contributed by atoms with E-state index in [1.165, 1.54) is 24.3 Å². The summed E-state index contributed by atoms with van der Waals surface area (Å²) in [4.78, 5) is 11.4. The van der Waals surface area contributed by atoms with Crippen LogP contribution in [-0.4, -0.2) is 36.9 Å². The first kappa shape index (κ1) is 17.0. The van der Waals surface area contributed by atoms with Crippen LogP contribution in [0.15, 0.2) is 36.4 Å². The zero-order chi connectivity index (χ0) is 15.5. The number of amides is 2. The summed E-state index contributed by atoms with van der Waals surface area (Å²) >= 11 is 0. The number of carbonyl (C=O) groups excluding carboxylic acids is 1. The van der Waals surface area contributed by atoms with E-state index >= 15 is 0 Å². The van der Waals surface area contributed by atoms with Crippen molar-refractivity contribution in [3.63, 3.8) is 0 Å². The molecule has 0 aliphatic carbocycles. The third-order valence-corrected chi connectivity index (χ3v) is 2.59. The molecule has 0 aliphatic heterocycles. The van der Waals surface area contributed by atoms with Crippen LogP contribution >= 0.6 is 0 Å². The molecule has 0 saturated carbocycles. The van der Waals surface area contributed by atoms with Gasteiger partial charge in [0.15, 0.2) is 0 Å². The number of aliphatic hydroxyl groups excluding tert-OH is 1. The van der Waals surface area contributed by atoms with E-state index < -0.39 is 6.10 Å². The first-order chi connectivity index (χ1) is 10.1. The van der Waals surface area contributed by atoms with Crippen LogP contribution in [0.25, 0.3) is 0 Å². The minimum Gasteiger partial charge on any atom is -0.491 e. The standard InChI is InChI=1S/C15H21FN2O3/c1-2-3-4-9-17-15(20)18-10-13(19)11-21-14-7-5-12(16)6-8-14/h2-3,5-8,13,19H,4,9-11H2,1H3,(H2,17,18,20). The van der Waals surface area contributed by atoms with Crippen molar-refractivity contribution < 1.29 is 19.0 Å². The summed E-state index contributed by atoms with van der Waals surface area (Å²) in [6.07, 6.45) is 3.79. The van der Waals surface area contributed by atoms with E-state index in [0.717, 1.165) is 6.42 Å². The molecule has 0 saturated heterocycles. The van der Waals surface area contributed by atoms with E-state index in [2.05, 4.69) is 10.6 Å². The number of allylic oxidation sites excluding steroid dienone is 1. The Morgan fingerprint density at radius 3 is 2.76 bits per heavy atom. The number of ether oxygens (including phenoxy) is 1. The van der Waals surface area contributed by atoms with Crippen LogP contribution in [-0.2, 0) is 0 Å². The smallest absolute Gasteiger partial charge is 0.314 e. The number of hydrogen-bond acceptors (Lipinski definition) is 3. The summed E-state index contributed by atoms with van der Waals surface area (Å²) in [5.41, 5.74) is 0. The fourth-order valence-corrected chi connectivity index (χ4v) is 1.49. The van der Waals surface area contributed by atoms with Gasteiger partial charge in [0.2, 0.25) is 0 Å². The molecular formula is C15H21FN2O3. The van der Waals surface area contributed by atoms with E-state index in [1.54, 1.807) is 0 Å². The SMILES string of the molecule is CC=CCCNC(=O)NCC(O)COc1ccc(F)cc1. The van der Waals surface area contributed by atoms with Crippen LogP contribution in [0.4, 0.5) is 9.18 Å². The van der Waals surface area contributed by atoms with Gasteiger partial charge in [0.05, 0.1) is 0 Å². The predicted octanol–water partition coefficient (Wildman–Crippen LogP) is 1.83. The van der Waals surface area contributed by atoms with Crippen LogP contribution in [0, 0.1) is 5.82 Å². The van der Waals surface area contributed by atoms with Gasteiger partial charge in [-0.3, -0.25) is 0 Å². The monoisotopic (exact) mass is 296 g/mol. The number of rotatable bonds is 8. The van der Waals surface area contributed by atoms with Gasteiger partial charge in [0, 0.05) is 13.1 Å². The van der Waals surface area contributed by atoms with Gasteiger partial charge in [-0.25, -0.2) is 9.18 Å². The van der Waals surface area contributed by atoms with E-state index in [9.17, 15) is 14.3 Å². The highest BCUT2D eigenvalue weighted by Gasteiger charge is 2.07.